The van der Waals surface area contributed by atoms with E-state index in [0.717, 1.165) is 6.07 Å². The smallest absolute Gasteiger partial charge is 0.497 e. The van der Waals surface area contributed by atoms with Crippen LogP contribution in [0.5, 0.6) is 11.5 Å². The van der Waals surface area contributed by atoms with Crippen LogP contribution >= 0.6 is 0 Å². The number of methoxy groups -OCH3 is 1. The summed E-state index contributed by atoms with van der Waals surface area (Å²) < 4.78 is 60.0. The topological polar surface area (TPSA) is 63.4 Å². The van der Waals surface area contributed by atoms with E-state index in [0.29, 0.717) is 22.3 Å². The zero-order chi connectivity index (χ0) is 21.5. The Morgan fingerprint density at radius 3 is 2.27 bits per heavy atom. The second-order valence-electron chi connectivity index (χ2n) is 6.44. The molecule has 4 aromatic rings. The number of aromatic nitrogens is 1. The number of rotatable bonds is 4. The number of ether oxygens (including phenoxy) is 2. The van der Waals surface area contributed by atoms with Crippen molar-refractivity contribution in [3.63, 3.8) is 0 Å². The Labute approximate surface area is 166 Å². The van der Waals surface area contributed by atoms with Crippen LogP contribution in [-0.2, 0) is 0 Å². The lowest BCUT2D eigenvalue weighted by molar-refractivity contribution is -0.274. The second kappa shape index (κ2) is 7.25. The number of pyridine rings is 1. The minimum absolute atomic E-state index is 0.0655. The van der Waals surface area contributed by atoms with Gasteiger partial charge < -0.3 is 19.8 Å². The molecule has 1 aromatic heterocycles. The Morgan fingerprint density at radius 2 is 1.60 bits per heavy atom. The van der Waals surface area contributed by atoms with Gasteiger partial charge in [0.05, 0.1) is 23.5 Å². The highest BCUT2D eigenvalue weighted by Crippen LogP contribution is 2.27. The van der Waals surface area contributed by atoms with Gasteiger partial charge in [-0.05, 0) is 42.5 Å². The van der Waals surface area contributed by atoms with Crippen molar-refractivity contribution in [3.8, 4) is 11.5 Å². The molecule has 0 saturated heterocycles. The molecule has 3 aromatic carbocycles. The summed E-state index contributed by atoms with van der Waals surface area (Å²) in [6, 6.07) is 12.7. The number of hydrogen-bond donors (Lipinski definition) is 2. The highest BCUT2D eigenvalue weighted by Gasteiger charge is 2.30. The van der Waals surface area contributed by atoms with Crippen molar-refractivity contribution in [2.45, 2.75) is 6.36 Å². The van der Waals surface area contributed by atoms with E-state index in [2.05, 4.69) is 15.0 Å². The van der Waals surface area contributed by atoms with Gasteiger partial charge in [0.15, 0.2) is 5.43 Å². The molecular weight excluding hydrogens is 404 g/mol. The Bertz CT molecular complexity index is 1300. The van der Waals surface area contributed by atoms with E-state index in [1.807, 2.05) is 0 Å². The quantitative estimate of drug-likeness (QED) is 0.341. The summed E-state index contributed by atoms with van der Waals surface area (Å²) in [5.74, 6) is -0.750. The number of nitrogens with one attached hydrogen (secondary N) is 2. The van der Waals surface area contributed by atoms with Gasteiger partial charge >= 0.3 is 6.36 Å². The second-order valence-corrected chi connectivity index (χ2v) is 6.44. The Morgan fingerprint density at radius 1 is 0.900 bits per heavy atom. The lowest BCUT2D eigenvalue weighted by Gasteiger charge is -2.11. The molecule has 0 aliphatic rings. The third-order valence-electron chi connectivity index (χ3n) is 4.44. The molecule has 30 heavy (non-hydrogen) atoms. The van der Waals surface area contributed by atoms with Crippen molar-refractivity contribution in [3.05, 3.63) is 70.6 Å². The minimum atomic E-state index is -4.76. The van der Waals surface area contributed by atoms with Gasteiger partial charge in [-0.2, -0.15) is 0 Å². The molecule has 5 nitrogen and oxygen atoms in total. The maximum atomic E-state index is 14.3. The average molecular weight is 418 g/mol. The monoisotopic (exact) mass is 418 g/mol. The molecule has 0 amide bonds. The van der Waals surface area contributed by atoms with Crippen LogP contribution in [0.25, 0.3) is 21.8 Å². The van der Waals surface area contributed by atoms with Crippen molar-refractivity contribution in [2.75, 3.05) is 12.4 Å². The van der Waals surface area contributed by atoms with Crippen molar-refractivity contribution < 1.29 is 27.0 Å². The molecule has 9 heteroatoms. The molecule has 0 spiro atoms. The van der Waals surface area contributed by atoms with E-state index < -0.39 is 17.6 Å². The zero-order valence-corrected chi connectivity index (χ0v) is 15.4. The van der Waals surface area contributed by atoms with Crippen LogP contribution in [0.15, 0.2) is 59.4 Å². The van der Waals surface area contributed by atoms with E-state index >= 15 is 0 Å². The first-order valence-corrected chi connectivity index (χ1v) is 8.69. The van der Waals surface area contributed by atoms with Gasteiger partial charge in [-0.25, -0.2) is 4.39 Å². The first kappa shape index (κ1) is 19.6. The molecule has 0 fully saturated rings. The predicted molar refractivity (Wildman–Crippen MR) is 105 cm³/mol. The first-order valence-electron chi connectivity index (χ1n) is 8.69. The van der Waals surface area contributed by atoms with E-state index in [4.69, 9.17) is 4.74 Å². The SMILES string of the molecule is COc1cc(F)c2c(=O)c3ccc(Nc4ccc(OC(F)(F)F)cc4)cc3[nH]c2c1. The summed E-state index contributed by atoms with van der Waals surface area (Å²) in [6.07, 6.45) is -4.76. The molecule has 0 bridgehead atoms. The number of halogens is 4. The van der Waals surface area contributed by atoms with E-state index in [1.165, 1.54) is 37.4 Å². The highest BCUT2D eigenvalue weighted by molar-refractivity contribution is 5.94. The van der Waals surface area contributed by atoms with Crippen LogP contribution < -0.4 is 20.2 Å². The van der Waals surface area contributed by atoms with Crippen LogP contribution in [0.3, 0.4) is 0 Å². The number of H-pyrrole nitrogens is 1. The largest absolute Gasteiger partial charge is 0.573 e. The van der Waals surface area contributed by atoms with E-state index in [1.54, 1.807) is 18.2 Å². The van der Waals surface area contributed by atoms with Gasteiger partial charge in [-0.3, -0.25) is 4.79 Å². The van der Waals surface area contributed by atoms with Crippen LogP contribution in [-0.4, -0.2) is 18.5 Å². The van der Waals surface area contributed by atoms with Crippen molar-refractivity contribution in [2.24, 2.45) is 0 Å². The summed E-state index contributed by atoms with van der Waals surface area (Å²) in [5.41, 5.74) is 1.38. The average Bonchev–Trinajstić information content (AvgIpc) is 2.68. The Kier molecular flexibility index (Phi) is 4.73. The standard InChI is InChI=1S/C21H14F4N2O3/c1-29-14-9-16(22)19-18(10-14)27-17-8-12(4-7-15(17)20(19)28)26-11-2-5-13(6-3-11)30-21(23,24)25/h2-10,26H,1H3,(H,27,28). The normalized spacial score (nSPS) is 11.6. The number of alkyl halides is 3. The molecule has 4 rings (SSSR count). The van der Waals surface area contributed by atoms with Crippen molar-refractivity contribution >= 4 is 33.2 Å². The number of aromatic amines is 1. The third-order valence-corrected chi connectivity index (χ3v) is 4.44. The fourth-order valence-electron chi connectivity index (χ4n) is 3.14. The molecule has 0 unspecified atom stereocenters. The molecule has 0 radical (unpaired) electrons. The molecule has 1 heterocycles. The number of benzene rings is 3. The predicted octanol–water partition coefficient (Wildman–Crippen LogP) is 5.47. The van der Waals surface area contributed by atoms with Gasteiger partial charge in [-0.1, -0.05) is 0 Å². The lowest BCUT2D eigenvalue weighted by Crippen LogP contribution is -2.16. The van der Waals surface area contributed by atoms with E-state index in [-0.39, 0.29) is 22.4 Å². The zero-order valence-electron chi connectivity index (χ0n) is 15.4. The molecular formula is C21H14F4N2O3. The van der Waals surface area contributed by atoms with Crippen molar-refractivity contribution in [1.82, 2.24) is 4.98 Å². The third kappa shape index (κ3) is 3.86. The van der Waals surface area contributed by atoms with Crippen LogP contribution in [0, 0.1) is 5.82 Å². The Balaban J connectivity index is 1.69. The molecule has 154 valence electrons. The molecule has 0 aliphatic carbocycles. The molecule has 0 aliphatic heterocycles. The summed E-state index contributed by atoms with van der Waals surface area (Å²) in [6.45, 7) is 0. The van der Waals surface area contributed by atoms with Crippen LogP contribution in [0.2, 0.25) is 0 Å². The van der Waals surface area contributed by atoms with Crippen LogP contribution in [0.4, 0.5) is 28.9 Å². The van der Waals surface area contributed by atoms with Gasteiger partial charge in [0.2, 0.25) is 0 Å². The fourth-order valence-corrected chi connectivity index (χ4v) is 3.14. The summed E-state index contributed by atoms with van der Waals surface area (Å²) in [4.78, 5) is 15.7. The lowest BCUT2D eigenvalue weighted by atomic mass is 10.1. The summed E-state index contributed by atoms with van der Waals surface area (Å²) in [7, 11) is 1.40. The molecule has 0 atom stereocenters. The van der Waals surface area contributed by atoms with E-state index in [9.17, 15) is 22.4 Å². The number of fused-ring (bicyclic) bond motifs is 2. The Hall–Kier alpha value is -3.75. The van der Waals surface area contributed by atoms with Crippen LogP contribution in [0.1, 0.15) is 0 Å². The number of anilines is 2. The van der Waals surface area contributed by atoms with Gasteiger partial charge in [-0.15, -0.1) is 13.2 Å². The molecule has 0 saturated carbocycles. The fraction of sp³-hybridized carbons (Fsp3) is 0.0952. The summed E-state index contributed by atoms with van der Waals surface area (Å²) >= 11 is 0. The van der Waals surface area contributed by atoms with Gasteiger partial charge in [0.25, 0.3) is 0 Å². The first-order chi connectivity index (χ1) is 14.2. The minimum Gasteiger partial charge on any atom is -0.497 e. The maximum absolute atomic E-state index is 14.3. The highest BCUT2D eigenvalue weighted by atomic mass is 19.4. The summed E-state index contributed by atoms with van der Waals surface area (Å²) in [5, 5.41) is 3.26. The van der Waals surface area contributed by atoms with Crippen molar-refractivity contribution in [1.29, 1.82) is 0 Å². The van der Waals surface area contributed by atoms with Gasteiger partial charge in [0.1, 0.15) is 17.3 Å². The number of hydrogen-bond acceptors (Lipinski definition) is 4. The molecule has 2 N–H and O–H groups in total. The van der Waals surface area contributed by atoms with Gasteiger partial charge in [0, 0.05) is 28.9 Å². The maximum Gasteiger partial charge on any atom is 0.573 e.